The third-order valence-corrected chi connectivity index (χ3v) is 3.58. The maximum Gasteiger partial charge on any atom is 0.135 e. The van der Waals surface area contributed by atoms with Crippen LogP contribution in [0.25, 0.3) is 22.3 Å². The predicted octanol–water partition coefficient (Wildman–Crippen LogP) is 4.21. The number of nitrogens with one attached hydrogen (secondary N) is 1. The molecular weight excluding hydrogens is 241 g/mol. The lowest BCUT2D eigenvalue weighted by Crippen LogP contribution is -1.90. The van der Waals surface area contributed by atoms with E-state index >= 15 is 0 Å². The van der Waals surface area contributed by atoms with Crippen molar-refractivity contribution in [3.63, 3.8) is 0 Å². The van der Waals surface area contributed by atoms with Crippen LogP contribution in [0.3, 0.4) is 0 Å². The van der Waals surface area contributed by atoms with Crippen molar-refractivity contribution < 1.29 is 8.81 Å². The number of benzene rings is 2. The average molecular weight is 253 g/mol. The van der Waals surface area contributed by atoms with Crippen LogP contribution in [-0.2, 0) is 6.42 Å². The van der Waals surface area contributed by atoms with Crippen molar-refractivity contribution in [1.82, 2.24) is 0 Å². The third kappa shape index (κ3) is 1.70. The first kappa shape index (κ1) is 10.6. The van der Waals surface area contributed by atoms with Gasteiger partial charge in [0.25, 0.3) is 0 Å². The first-order valence-corrected chi connectivity index (χ1v) is 6.36. The maximum absolute atomic E-state index is 13.2. The van der Waals surface area contributed by atoms with Crippen molar-refractivity contribution in [2.45, 2.75) is 6.42 Å². The summed E-state index contributed by atoms with van der Waals surface area (Å²) in [7, 11) is 0. The van der Waals surface area contributed by atoms with E-state index in [4.69, 9.17) is 4.42 Å². The number of hydrogen-bond acceptors (Lipinski definition) is 2. The van der Waals surface area contributed by atoms with Gasteiger partial charge in [0.1, 0.15) is 17.2 Å². The zero-order chi connectivity index (χ0) is 12.8. The highest BCUT2D eigenvalue weighted by Crippen LogP contribution is 2.32. The van der Waals surface area contributed by atoms with Gasteiger partial charge >= 0.3 is 0 Å². The molecule has 2 aromatic carbocycles. The summed E-state index contributed by atoms with van der Waals surface area (Å²) in [5.74, 6) is 0.535. The van der Waals surface area contributed by atoms with Crippen LogP contribution in [-0.4, -0.2) is 6.54 Å². The lowest BCUT2D eigenvalue weighted by Gasteiger charge is -2.02. The fourth-order valence-corrected chi connectivity index (χ4v) is 2.60. The Labute approximate surface area is 109 Å². The largest absolute Gasteiger partial charge is 0.456 e. The monoisotopic (exact) mass is 253 g/mol. The Morgan fingerprint density at radius 3 is 2.95 bits per heavy atom. The van der Waals surface area contributed by atoms with Crippen molar-refractivity contribution in [3.05, 3.63) is 53.8 Å². The summed E-state index contributed by atoms with van der Waals surface area (Å²) in [5.41, 5.74) is 4.24. The topological polar surface area (TPSA) is 25.2 Å². The first-order valence-electron chi connectivity index (χ1n) is 6.36. The van der Waals surface area contributed by atoms with Gasteiger partial charge in [-0.2, -0.15) is 0 Å². The molecule has 0 bridgehead atoms. The van der Waals surface area contributed by atoms with Crippen LogP contribution in [0.5, 0.6) is 0 Å². The molecule has 4 rings (SSSR count). The van der Waals surface area contributed by atoms with Crippen LogP contribution in [0.1, 0.15) is 5.56 Å². The first-order chi connectivity index (χ1) is 9.29. The fourth-order valence-electron chi connectivity index (χ4n) is 2.60. The van der Waals surface area contributed by atoms with Gasteiger partial charge in [-0.05, 0) is 42.3 Å². The van der Waals surface area contributed by atoms with Crippen molar-refractivity contribution in [2.24, 2.45) is 0 Å². The summed E-state index contributed by atoms with van der Waals surface area (Å²) in [6.07, 6.45) is 1.07. The summed E-state index contributed by atoms with van der Waals surface area (Å²) in [6.45, 7) is 0.990. The minimum absolute atomic E-state index is 0.240. The molecule has 0 spiro atoms. The van der Waals surface area contributed by atoms with Crippen LogP contribution in [0.4, 0.5) is 10.1 Å². The SMILES string of the molecule is Fc1ccc2oc(-c3ccc4c(c3)NCC4)cc2c1. The van der Waals surface area contributed by atoms with Gasteiger partial charge in [-0.15, -0.1) is 0 Å². The van der Waals surface area contributed by atoms with Gasteiger partial charge in [-0.1, -0.05) is 12.1 Å². The van der Waals surface area contributed by atoms with Gasteiger partial charge in [0, 0.05) is 23.2 Å². The molecule has 0 fully saturated rings. The summed E-state index contributed by atoms with van der Waals surface area (Å²) in [4.78, 5) is 0. The van der Waals surface area contributed by atoms with Gasteiger partial charge in [-0.3, -0.25) is 0 Å². The van der Waals surface area contributed by atoms with E-state index in [1.165, 1.54) is 23.4 Å². The van der Waals surface area contributed by atoms with Crippen LogP contribution in [0, 0.1) is 5.82 Å². The minimum Gasteiger partial charge on any atom is -0.456 e. The van der Waals surface area contributed by atoms with E-state index in [-0.39, 0.29) is 5.82 Å². The second-order valence-electron chi connectivity index (χ2n) is 4.84. The Bertz CT molecular complexity index is 776. The molecule has 0 atom stereocenters. The van der Waals surface area contributed by atoms with Crippen molar-refractivity contribution in [3.8, 4) is 11.3 Å². The molecule has 0 amide bonds. The van der Waals surface area contributed by atoms with Crippen LogP contribution in [0.2, 0.25) is 0 Å². The standard InChI is InChI=1S/C16H12FNO/c17-13-3-4-15-12(7-13)9-16(19-15)11-2-1-10-5-6-18-14(10)8-11/h1-4,7-9,18H,5-6H2. The van der Waals surface area contributed by atoms with Gasteiger partial charge in [0.05, 0.1) is 0 Å². The summed E-state index contributed by atoms with van der Waals surface area (Å²) in [5, 5.41) is 4.15. The Morgan fingerprint density at radius 2 is 2.00 bits per heavy atom. The molecule has 94 valence electrons. The van der Waals surface area contributed by atoms with Gasteiger partial charge in [0.2, 0.25) is 0 Å². The fraction of sp³-hybridized carbons (Fsp3) is 0.125. The molecule has 2 nitrogen and oxygen atoms in total. The zero-order valence-electron chi connectivity index (χ0n) is 10.2. The minimum atomic E-state index is -0.240. The number of furan rings is 1. The molecule has 0 saturated carbocycles. The molecule has 0 saturated heterocycles. The van der Waals surface area contributed by atoms with Crippen molar-refractivity contribution in [2.75, 3.05) is 11.9 Å². The third-order valence-electron chi connectivity index (χ3n) is 3.58. The zero-order valence-corrected chi connectivity index (χ0v) is 10.2. The molecule has 0 aliphatic carbocycles. The van der Waals surface area contributed by atoms with E-state index in [1.54, 1.807) is 6.07 Å². The lowest BCUT2D eigenvalue weighted by atomic mass is 10.1. The number of halogens is 1. The van der Waals surface area contributed by atoms with Gasteiger partial charge in [-0.25, -0.2) is 4.39 Å². The molecule has 1 N–H and O–H groups in total. The highest BCUT2D eigenvalue weighted by Gasteiger charge is 2.13. The Balaban J connectivity index is 1.85. The molecule has 0 unspecified atom stereocenters. The Hall–Kier alpha value is -2.29. The Kier molecular flexibility index (Phi) is 2.15. The van der Waals surface area contributed by atoms with E-state index in [9.17, 15) is 4.39 Å². The maximum atomic E-state index is 13.2. The lowest BCUT2D eigenvalue weighted by molar-refractivity contribution is 0.619. The average Bonchev–Trinajstić information content (AvgIpc) is 3.02. The summed E-state index contributed by atoms with van der Waals surface area (Å²) in [6, 6.07) is 12.7. The van der Waals surface area contributed by atoms with E-state index < -0.39 is 0 Å². The molecule has 1 aliphatic rings. The molecular formula is C16H12FNO. The molecule has 3 heteroatoms. The van der Waals surface area contributed by atoms with E-state index in [0.29, 0.717) is 5.58 Å². The second-order valence-corrected chi connectivity index (χ2v) is 4.84. The quantitative estimate of drug-likeness (QED) is 0.702. The van der Waals surface area contributed by atoms with Crippen molar-refractivity contribution in [1.29, 1.82) is 0 Å². The molecule has 3 aromatic rings. The second kappa shape index (κ2) is 3.85. The van der Waals surface area contributed by atoms with Crippen LogP contribution in [0.15, 0.2) is 46.9 Å². The number of fused-ring (bicyclic) bond motifs is 2. The molecule has 19 heavy (non-hydrogen) atoms. The van der Waals surface area contributed by atoms with Crippen LogP contribution < -0.4 is 5.32 Å². The predicted molar refractivity (Wildman–Crippen MR) is 73.8 cm³/mol. The number of anilines is 1. The highest BCUT2D eigenvalue weighted by atomic mass is 19.1. The number of hydrogen-bond donors (Lipinski definition) is 1. The van der Waals surface area contributed by atoms with Gasteiger partial charge < -0.3 is 9.73 Å². The van der Waals surface area contributed by atoms with E-state index in [1.807, 2.05) is 6.07 Å². The molecule has 2 heterocycles. The van der Waals surface area contributed by atoms with Crippen molar-refractivity contribution >= 4 is 16.7 Å². The molecule has 1 aliphatic heterocycles. The highest BCUT2D eigenvalue weighted by molar-refractivity contribution is 5.83. The smallest absolute Gasteiger partial charge is 0.135 e. The van der Waals surface area contributed by atoms with Gasteiger partial charge in [0.15, 0.2) is 0 Å². The van der Waals surface area contributed by atoms with E-state index in [2.05, 4.69) is 23.5 Å². The van der Waals surface area contributed by atoms with Crippen LogP contribution >= 0.6 is 0 Å². The molecule has 1 aromatic heterocycles. The Morgan fingerprint density at radius 1 is 1.05 bits per heavy atom. The summed E-state index contributed by atoms with van der Waals surface area (Å²) >= 11 is 0. The normalized spacial score (nSPS) is 13.5. The van der Waals surface area contributed by atoms with E-state index in [0.717, 1.165) is 29.7 Å². The molecule has 0 radical (unpaired) electrons. The summed E-state index contributed by atoms with van der Waals surface area (Å²) < 4.78 is 19.0. The number of rotatable bonds is 1.